The third-order valence-corrected chi connectivity index (χ3v) is 2.59. The number of amides is 1. The van der Waals surface area contributed by atoms with Crippen molar-refractivity contribution < 1.29 is 9.53 Å². The highest BCUT2D eigenvalue weighted by Crippen LogP contribution is 2.05. The molecule has 0 spiro atoms. The van der Waals surface area contributed by atoms with Crippen LogP contribution in [0.2, 0.25) is 0 Å². The van der Waals surface area contributed by atoms with Crippen molar-refractivity contribution in [2.45, 2.75) is 12.5 Å². The molecule has 0 saturated carbocycles. The molecule has 14 heavy (non-hydrogen) atoms. The van der Waals surface area contributed by atoms with Crippen molar-refractivity contribution in [3.63, 3.8) is 0 Å². The molecule has 0 radical (unpaired) electrons. The fourth-order valence-corrected chi connectivity index (χ4v) is 1.79. The predicted octanol–water partition coefficient (Wildman–Crippen LogP) is -0.237. The van der Waals surface area contributed by atoms with Crippen LogP contribution in [0.1, 0.15) is 6.42 Å². The quantitative estimate of drug-likeness (QED) is 0.589. The summed E-state index contributed by atoms with van der Waals surface area (Å²) in [6.45, 7) is 3.59. The SMILES string of the molecule is O=C(C1COCCN1)N1CC=CCC1. The lowest BCUT2D eigenvalue weighted by Crippen LogP contribution is -2.53. The Hall–Kier alpha value is -0.870. The van der Waals surface area contributed by atoms with Crippen LogP contribution < -0.4 is 5.32 Å². The summed E-state index contributed by atoms with van der Waals surface area (Å²) in [6.07, 6.45) is 5.14. The maximum absolute atomic E-state index is 11.9. The number of carbonyl (C=O) groups is 1. The van der Waals surface area contributed by atoms with E-state index in [0.717, 1.165) is 26.1 Å². The molecule has 1 N–H and O–H groups in total. The molecular weight excluding hydrogens is 180 g/mol. The van der Waals surface area contributed by atoms with Gasteiger partial charge in [0.25, 0.3) is 0 Å². The van der Waals surface area contributed by atoms with Gasteiger partial charge in [-0.3, -0.25) is 4.79 Å². The molecule has 4 heteroatoms. The van der Waals surface area contributed by atoms with Gasteiger partial charge in [-0.25, -0.2) is 0 Å². The first-order valence-corrected chi connectivity index (χ1v) is 5.13. The van der Waals surface area contributed by atoms with Gasteiger partial charge in [-0.1, -0.05) is 12.2 Å². The van der Waals surface area contributed by atoms with Crippen LogP contribution in [-0.4, -0.2) is 49.7 Å². The summed E-state index contributed by atoms with van der Waals surface area (Å²) in [5, 5.41) is 3.18. The highest BCUT2D eigenvalue weighted by molar-refractivity contribution is 5.82. The Morgan fingerprint density at radius 3 is 3.07 bits per heavy atom. The third kappa shape index (κ3) is 2.13. The third-order valence-electron chi connectivity index (χ3n) is 2.59. The van der Waals surface area contributed by atoms with Gasteiger partial charge in [0.1, 0.15) is 6.04 Å². The number of hydrogen-bond acceptors (Lipinski definition) is 3. The lowest BCUT2D eigenvalue weighted by molar-refractivity contribution is -0.136. The Morgan fingerprint density at radius 2 is 2.43 bits per heavy atom. The van der Waals surface area contributed by atoms with Gasteiger partial charge in [-0.05, 0) is 6.42 Å². The van der Waals surface area contributed by atoms with Crippen LogP contribution in [0.25, 0.3) is 0 Å². The van der Waals surface area contributed by atoms with E-state index in [1.807, 2.05) is 11.0 Å². The minimum atomic E-state index is -0.129. The van der Waals surface area contributed by atoms with Gasteiger partial charge in [0.05, 0.1) is 13.2 Å². The summed E-state index contributed by atoms with van der Waals surface area (Å²) in [5.41, 5.74) is 0. The van der Waals surface area contributed by atoms with Crippen LogP contribution in [0.3, 0.4) is 0 Å². The second kappa shape index (κ2) is 4.57. The number of morpholine rings is 1. The van der Waals surface area contributed by atoms with Crippen molar-refractivity contribution in [3.8, 4) is 0 Å². The van der Waals surface area contributed by atoms with E-state index < -0.39 is 0 Å². The van der Waals surface area contributed by atoms with Crippen molar-refractivity contribution >= 4 is 5.91 Å². The Bertz CT molecular complexity index is 234. The van der Waals surface area contributed by atoms with Crippen molar-refractivity contribution in [1.82, 2.24) is 10.2 Å². The Morgan fingerprint density at radius 1 is 1.50 bits per heavy atom. The van der Waals surface area contributed by atoms with E-state index in [4.69, 9.17) is 4.74 Å². The maximum Gasteiger partial charge on any atom is 0.242 e. The Kier molecular flexibility index (Phi) is 3.16. The summed E-state index contributed by atoms with van der Waals surface area (Å²) in [6, 6.07) is -0.129. The minimum Gasteiger partial charge on any atom is -0.378 e. The van der Waals surface area contributed by atoms with Gasteiger partial charge < -0.3 is 15.0 Å². The Balaban J connectivity index is 1.89. The molecule has 2 aliphatic heterocycles. The molecule has 0 aromatic rings. The molecule has 1 fully saturated rings. The van der Waals surface area contributed by atoms with Crippen LogP contribution in [0.5, 0.6) is 0 Å². The van der Waals surface area contributed by atoms with Crippen LogP contribution in [0.15, 0.2) is 12.2 Å². The zero-order valence-corrected chi connectivity index (χ0v) is 8.24. The lowest BCUT2D eigenvalue weighted by atomic mass is 10.2. The second-order valence-electron chi connectivity index (χ2n) is 3.63. The molecule has 0 aromatic heterocycles. The summed E-state index contributed by atoms with van der Waals surface area (Å²) in [4.78, 5) is 13.8. The molecule has 0 bridgehead atoms. The number of ether oxygens (including phenoxy) is 1. The number of nitrogens with zero attached hydrogens (tertiary/aromatic N) is 1. The topological polar surface area (TPSA) is 41.6 Å². The van der Waals surface area contributed by atoms with E-state index in [9.17, 15) is 4.79 Å². The minimum absolute atomic E-state index is 0.129. The Labute approximate surface area is 83.9 Å². The molecule has 1 unspecified atom stereocenters. The van der Waals surface area contributed by atoms with E-state index in [0.29, 0.717) is 13.2 Å². The molecule has 1 saturated heterocycles. The average molecular weight is 196 g/mol. The van der Waals surface area contributed by atoms with Gasteiger partial charge >= 0.3 is 0 Å². The standard InChI is InChI=1S/C10H16N2O2/c13-10(9-8-14-7-4-11-9)12-5-2-1-3-6-12/h1-2,9,11H,3-8H2. The fraction of sp³-hybridized carbons (Fsp3) is 0.700. The molecule has 2 rings (SSSR count). The fourth-order valence-electron chi connectivity index (χ4n) is 1.79. The first-order chi connectivity index (χ1) is 6.88. The molecular formula is C10H16N2O2. The summed E-state index contributed by atoms with van der Waals surface area (Å²) < 4.78 is 5.27. The van der Waals surface area contributed by atoms with Crippen molar-refractivity contribution in [2.24, 2.45) is 0 Å². The van der Waals surface area contributed by atoms with Crippen molar-refractivity contribution in [1.29, 1.82) is 0 Å². The molecule has 2 heterocycles. The zero-order valence-electron chi connectivity index (χ0n) is 8.24. The second-order valence-corrected chi connectivity index (χ2v) is 3.63. The van der Waals surface area contributed by atoms with E-state index in [-0.39, 0.29) is 11.9 Å². The normalized spacial score (nSPS) is 27.7. The average Bonchev–Trinajstić information content (AvgIpc) is 2.30. The number of rotatable bonds is 1. The van der Waals surface area contributed by atoms with Crippen LogP contribution in [-0.2, 0) is 9.53 Å². The number of carbonyl (C=O) groups excluding carboxylic acids is 1. The van der Waals surface area contributed by atoms with E-state index >= 15 is 0 Å². The first kappa shape index (κ1) is 9.68. The van der Waals surface area contributed by atoms with Crippen molar-refractivity contribution in [3.05, 3.63) is 12.2 Å². The molecule has 0 aromatic carbocycles. The highest BCUT2D eigenvalue weighted by atomic mass is 16.5. The molecule has 4 nitrogen and oxygen atoms in total. The van der Waals surface area contributed by atoms with Gasteiger partial charge in [-0.2, -0.15) is 0 Å². The molecule has 1 atom stereocenters. The molecule has 78 valence electrons. The largest absolute Gasteiger partial charge is 0.378 e. The molecule has 0 aliphatic carbocycles. The summed E-state index contributed by atoms with van der Waals surface area (Å²) in [5.74, 6) is 0.175. The first-order valence-electron chi connectivity index (χ1n) is 5.13. The lowest BCUT2D eigenvalue weighted by Gasteiger charge is -2.30. The number of hydrogen-bond donors (Lipinski definition) is 1. The zero-order chi connectivity index (χ0) is 9.80. The van der Waals surface area contributed by atoms with Gasteiger partial charge in [0, 0.05) is 19.6 Å². The van der Waals surface area contributed by atoms with Gasteiger partial charge in [-0.15, -0.1) is 0 Å². The van der Waals surface area contributed by atoms with Gasteiger partial charge in [0.2, 0.25) is 5.91 Å². The smallest absolute Gasteiger partial charge is 0.242 e. The van der Waals surface area contributed by atoms with E-state index in [2.05, 4.69) is 11.4 Å². The molecule has 2 aliphatic rings. The van der Waals surface area contributed by atoms with Crippen molar-refractivity contribution in [2.75, 3.05) is 32.8 Å². The number of nitrogens with one attached hydrogen (secondary N) is 1. The van der Waals surface area contributed by atoms with Crippen LogP contribution in [0.4, 0.5) is 0 Å². The maximum atomic E-state index is 11.9. The van der Waals surface area contributed by atoms with Crippen LogP contribution in [0, 0.1) is 0 Å². The summed E-state index contributed by atoms with van der Waals surface area (Å²) in [7, 11) is 0. The van der Waals surface area contributed by atoms with E-state index in [1.165, 1.54) is 0 Å². The van der Waals surface area contributed by atoms with Gasteiger partial charge in [0.15, 0.2) is 0 Å². The summed E-state index contributed by atoms with van der Waals surface area (Å²) >= 11 is 0. The monoisotopic (exact) mass is 196 g/mol. The highest BCUT2D eigenvalue weighted by Gasteiger charge is 2.25. The van der Waals surface area contributed by atoms with Crippen LogP contribution >= 0.6 is 0 Å². The molecule has 1 amide bonds. The predicted molar refractivity (Wildman–Crippen MR) is 52.9 cm³/mol. The van der Waals surface area contributed by atoms with E-state index in [1.54, 1.807) is 0 Å².